The van der Waals surface area contributed by atoms with Gasteiger partial charge in [0.1, 0.15) is 38.9 Å². The molecular weight excluding hydrogens is 2040 g/mol. The fourth-order valence-electron chi connectivity index (χ4n) is 11.1. The SMILES string of the molecule is C#Cc1cccc(-n2nnn(C)c2=O)c1COc1cc[c-]cc1F.C/C=C/c1cccc(-n2nnn(C)c2=O)c1COc1cc[c-]cc1F.CC#Cc1cccc(-n2nnn(C)c2=O)c1COc1cc[c-]cc1F.Cn1nnn(-c2cccc(F)c2COc2cc[c-]cc2Cl)c1=O.[C-]#[N+]c1cccc(-n2nnn(C)c2=O)c1COc1cc[c-]cc1F.[Y].[Y].[Y].[Y].[Y]. The van der Waals surface area contributed by atoms with E-state index in [0.717, 1.165) is 53.8 Å². The smallest absolute Gasteiger partial charge is 0.368 e. The van der Waals surface area contributed by atoms with Crippen LogP contribution in [0.15, 0.2) is 212 Å². The summed E-state index contributed by atoms with van der Waals surface area (Å²) < 4.78 is 108. The number of allylic oxidation sites excluding steroid dienone is 1. The Morgan fingerprint density at radius 1 is 0.397 bits per heavy atom. The summed E-state index contributed by atoms with van der Waals surface area (Å²) in [6, 6.07) is 59.9. The monoisotopic (exact) mass is 2100 g/mol. The first kappa shape index (κ1) is 104. The van der Waals surface area contributed by atoms with Gasteiger partial charge in [-0.3, -0.25) is 17.6 Å². The van der Waals surface area contributed by atoms with Gasteiger partial charge >= 0.3 is 28.4 Å². The van der Waals surface area contributed by atoms with Crippen LogP contribution in [0.25, 0.3) is 39.4 Å². The number of tetrazole rings is 5. The maximum absolute atomic E-state index is 14.2. The number of aryl methyl sites for hydroxylation is 5. The molecule has 0 amide bonds. The van der Waals surface area contributed by atoms with Crippen LogP contribution in [0.3, 0.4) is 0 Å². The Morgan fingerprint density at radius 2 is 0.698 bits per heavy atom. The predicted molar refractivity (Wildman–Crippen MR) is 427 cm³/mol. The van der Waals surface area contributed by atoms with E-state index in [2.05, 4.69) is 105 Å². The molecule has 15 aromatic rings. The molecule has 0 bridgehead atoms. The van der Waals surface area contributed by atoms with Crippen molar-refractivity contribution in [2.24, 2.45) is 35.2 Å². The molecule has 0 unspecified atom stereocenters. The van der Waals surface area contributed by atoms with E-state index in [4.69, 9.17) is 48.3 Å². The summed E-state index contributed by atoms with van der Waals surface area (Å²) in [6.07, 6.45) is 9.29. The first-order chi connectivity index (χ1) is 58.5. The molecule has 627 valence electrons. The molecule has 0 saturated heterocycles. The average Bonchev–Trinajstić information content (AvgIpc) is 1.61. The Morgan fingerprint density at radius 3 is 1.05 bits per heavy atom. The van der Waals surface area contributed by atoms with Crippen LogP contribution < -0.4 is 52.1 Å². The second-order valence-corrected chi connectivity index (χ2v) is 25.2. The first-order valence-electron chi connectivity index (χ1n) is 35.6. The second-order valence-electron chi connectivity index (χ2n) is 24.8. The van der Waals surface area contributed by atoms with Crippen LogP contribution in [0.4, 0.5) is 27.6 Å². The number of hydrogen-bond donors (Lipinski definition) is 0. The molecule has 15 rings (SSSR count). The summed E-state index contributed by atoms with van der Waals surface area (Å²) in [5.41, 5.74) is 4.73. The van der Waals surface area contributed by atoms with Crippen LogP contribution in [0.5, 0.6) is 28.7 Å². The minimum absolute atomic E-state index is 0. The molecule has 5 radical (unpaired) electrons. The third-order valence-electron chi connectivity index (χ3n) is 17.1. The van der Waals surface area contributed by atoms with Gasteiger partial charge in [-0.05, 0) is 125 Å². The standard InChI is InChI=1S/C18H16FN4O2.C18H14FN4O2.C17H12FN4O2.C16H11FN5O2.C15H11ClFN4O2.5Y/c2*1-3-7-13-8-6-10-16(23-18(24)22(2)20-21-23)14(13)12-25-17-11-5-4-9-15(17)19;1-3-12-7-6-9-15(22-17(23)21(2)19-20-22)13(12)11-24-16-10-5-4-8-14(16)18;1-18-13-7-5-8-14(22-16(23)21(2)19-20-22)11(13)10-24-15-9-4-3-6-12(15)17;1-20-15(22)21(19-18-20)13-7-4-6-12(17)10(13)9-23-14-8-3-2-5-11(14)16;;;;;/h3,5-11H,12H2,1-2H3;5-6,8-11H,12H2,1-2H3;1,5-10H,11H2,2H3;4-9H,10H2,2H3;3-8H,9H2,1H3;;;;;/q5*-1;;;;;/b7-3+;;;;;;;;;. The van der Waals surface area contributed by atoms with Gasteiger partial charge in [-0.1, -0.05) is 66.5 Å². The summed E-state index contributed by atoms with van der Waals surface area (Å²) in [6.45, 7) is 10.7. The summed E-state index contributed by atoms with van der Waals surface area (Å²) >= 11 is 5.98. The van der Waals surface area contributed by atoms with Gasteiger partial charge in [0.25, 0.3) is 0 Å². The number of nitrogens with zero attached hydrogens (tertiary/aromatic N) is 21. The van der Waals surface area contributed by atoms with Crippen molar-refractivity contribution in [3.63, 3.8) is 0 Å². The van der Waals surface area contributed by atoms with Crippen molar-refractivity contribution < 1.29 is 209 Å². The van der Waals surface area contributed by atoms with Crippen molar-refractivity contribution in [3.05, 3.63) is 361 Å². The molecule has 0 spiro atoms. The topological polar surface area (TPSA) is 314 Å². The molecule has 0 aliphatic heterocycles. The normalized spacial score (nSPS) is 10.2. The second kappa shape index (κ2) is 50.6. The first-order valence-corrected chi connectivity index (χ1v) is 35.9. The molecule has 10 aromatic carbocycles. The van der Waals surface area contributed by atoms with E-state index in [9.17, 15) is 45.9 Å². The molecule has 126 heavy (non-hydrogen) atoms. The zero-order valence-corrected chi connectivity index (χ0v) is 82.7. The number of hydrogen-bond acceptors (Lipinski definition) is 20. The van der Waals surface area contributed by atoms with E-state index >= 15 is 0 Å². The number of benzene rings is 10. The van der Waals surface area contributed by atoms with Crippen LogP contribution in [0.1, 0.15) is 58.4 Å². The van der Waals surface area contributed by atoms with Gasteiger partial charge < -0.3 is 23.7 Å². The molecule has 0 atom stereocenters. The van der Waals surface area contributed by atoms with Gasteiger partial charge in [-0.15, -0.1) is 66.9 Å². The Hall–Kier alpha value is -10.6. The van der Waals surface area contributed by atoms with Gasteiger partial charge in [0.15, 0.2) is 5.69 Å². The summed E-state index contributed by atoms with van der Waals surface area (Å²) in [4.78, 5) is 63.9. The van der Waals surface area contributed by atoms with Gasteiger partial charge in [0.05, 0.1) is 40.6 Å². The number of aromatic nitrogens is 20. The molecule has 0 aliphatic rings. The largest absolute Gasteiger partial charge is 0.513 e. The van der Waals surface area contributed by atoms with Gasteiger partial charge in [0.2, 0.25) is 0 Å². The molecule has 0 saturated carbocycles. The zero-order valence-electron chi connectivity index (χ0n) is 67.7. The maximum Gasteiger partial charge on any atom is 0.368 e. The van der Waals surface area contributed by atoms with Crippen molar-refractivity contribution in [1.29, 1.82) is 0 Å². The molecule has 0 N–H and O–H groups in total. The Kier molecular flexibility index (Phi) is 41.9. The fraction of sp³-hybridized carbons (Fsp3) is 0.143. The minimum atomic E-state index is -0.559. The van der Waals surface area contributed by atoms with E-state index in [-0.39, 0.29) is 242 Å². The van der Waals surface area contributed by atoms with Crippen LogP contribution in [-0.4, -0.2) is 99.0 Å². The summed E-state index contributed by atoms with van der Waals surface area (Å²) in [7, 11) is 7.45. The fourth-order valence-corrected chi connectivity index (χ4v) is 11.2. The van der Waals surface area contributed by atoms with E-state index < -0.39 is 51.8 Å². The Balaban J connectivity index is 0.000000241. The molecule has 5 aromatic heterocycles. The molecule has 0 fully saturated rings. The Labute approximate surface area is 845 Å². The number of rotatable bonds is 21. The van der Waals surface area contributed by atoms with E-state index in [1.807, 2.05) is 31.2 Å². The van der Waals surface area contributed by atoms with Crippen LogP contribution >= 0.6 is 11.6 Å². The quantitative estimate of drug-likeness (QED) is 0.0367. The van der Waals surface area contributed by atoms with Gasteiger partial charge in [-0.25, -0.2) is 33.2 Å². The Bertz CT molecular complexity index is 6600. The van der Waals surface area contributed by atoms with Crippen LogP contribution in [0, 0.1) is 90.2 Å². The van der Waals surface area contributed by atoms with Crippen LogP contribution in [0.2, 0.25) is 5.02 Å². The molecular formula is C84H64ClF5N21O10Y5-5. The van der Waals surface area contributed by atoms with Crippen molar-refractivity contribution in [3.8, 4) is 81.4 Å². The predicted octanol–water partition coefficient (Wildman–Crippen LogP) is 10.00. The zero-order chi connectivity index (χ0) is 86.2. The average molecular weight is 2100 g/mol. The van der Waals surface area contributed by atoms with E-state index in [0.29, 0.717) is 66.9 Å². The summed E-state index contributed by atoms with van der Waals surface area (Å²) in [5, 5.41) is 37.8. The van der Waals surface area contributed by atoms with Crippen molar-refractivity contribution in [2.45, 2.75) is 46.9 Å². The molecule has 0 aliphatic carbocycles. The number of halogens is 6. The molecule has 42 heteroatoms. The summed E-state index contributed by atoms with van der Waals surface area (Å²) in [5.74, 6) is 6.40. The third kappa shape index (κ3) is 26.1. The van der Waals surface area contributed by atoms with Crippen LogP contribution in [-0.2, 0) is 232 Å². The minimum Gasteiger partial charge on any atom is -0.513 e. The van der Waals surface area contributed by atoms with Crippen molar-refractivity contribution in [2.75, 3.05) is 0 Å². The number of terminal acetylenes is 1. The van der Waals surface area contributed by atoms with Gasteiger partial charge in [-0.2, -0.15) is 125 Å². The van der Waals surface area contributed by atoms with E-state index in [1.165, 1.54) is 101 Å². The maximum atomic E-state index is 14.2. The third-order valence-corrected chi connectivity index (χ3v) is 17.4. The van der Waals surface area contributed by atoms with Crippen molar-refractivity contribution >= 4 is 23.4 Å². The molecule has 31 nitrogen and oxygen atoms in total. The van der Waals surface area contributed by atoms with Crippen molar-refractivity contribution in [1.82, 2.24) is 99.0 Å². The van der Waals surface area contributed by atoms with Gasteiger partial charge in [0, 0.05) is 284 Å². The molecule has 5 heterocycles. The number of ether oxygens (including phenoxy) is 5. The van der Waals surface area contributed by atoms with E-state index in [1.54, 1.807) is 110 Å².